The first-order chi connectivity index (χ1) is 24.2. The van der Waals surface area contributed by atoms with Crippen molar-refractivity contribution in [1.29, 1.82) is 0 Å². The smallest absolute Gasteiger partial charge is 0.313 e. The second kappa shape index (κ2) is 15.2. The lowest BCUT2D eigenvalue weighted by atomic mass is 9.74. The Labute approximate surface area is 293 Å². The summed E-state index contributed by atoms with van der Waals surface area (Å²) < 4.78 is 18.3. The third-order valence-corrected chi connectivity index (χ3v) is 10.6. The Balaban J connectivity index is 1.42. The first kappa shape index (κ1) is 35.3. The summed E-state index contributed by atoms with van der Waals surface area (Å²) in [5.74, 6) is -2.67. The van der Waals surface area contributed by atoms with E-state index in [1.165, 1.54) is 0 Å². The summed E-state index contributed by atoms with van der Waals surface area (Å²) in [5, 5.41) is 9.29. The number of allylic oxidation sites excluding steroid dienone is 1. The van der Waals surface area contributed by atoms with E-state index in [0.29, 0.717) is 37.2 Å². The van der Waals surface area contributed by atoms with Crippen LogP contribution in [-0.4, -0.2) is 96.2 Å². The minimum atomic E-state index is -1.36. The molecule has 0 aliphatic carbocycles. The van der Waals surface area contributed by atoms with Gasteiger partial charge in [0.15, 0.2) is 0 Å². The lowest BCUT2D eigenvalue weighted by Crippen LogP contribution is -2.56. The molecule has 3 amide bonds. The number of fused-ring (bicyclic) bond motifs is 2. The molecule has 0 radical (unpaired) electrons. The molecule has 2 aromatic rings. The van der Waals surface area contributed by atoms with Crippen molar-refractivity contribution in [2.45, 2.75) is 75.3 Å². The second-order valence-electron chi connectivity index (χ2n) is 13.5. The number of aliphatic hydroxyl groups is 1. The van der Waals surface area contributed by atoms with Gasteiger partial charge in [0, 0.05) is 38.9 Å². The Morgan fingerprint density at radius 1 is 0.940 bits per heavy atom. The Morgan fingerprint density at radius 3 is 2.40 bits per heavy atom. The molecule has 50 heavy (non-hydrogen) atoms. The van der Waals surface area contributed by atoms with Gasteiger partial charge in [-0.15, -0.1) is 0 Å². The molecule has 1 spiro atoms. The number of amides is 3. The number of hydrogen-bond acceptors (Lipinski definition) is 8. The fourth-order valence-corrected chi connectivity index (χ4v) is 7.84. The van der Waals surface area contributed by atoms with E-state index >= 15 is 0 Å². The number of cyclic esters (lactones) is 1. The van der Waals surface area contributed by atoms with Crippen LogP contribution in [0.25, 0.3) is 0 Å². The number of carbonyl (C=O) groups excluding carboxylic acids is 4. The van der Waals surface area contributed by atoms with Gasteiger partial charge in [0.25, 0.3) is 5.91 Å². The van der Waals surface area contributed by atoms with Gasteiger partial charge in [-0.05, 0) is 56.0 Å². The molecule has 11 heteroatoms. The van der Waals surface area contributed by atoms with E-state index in [2.05, 4.69) is 0 Å². The van der Waals surface area contributed by atoms with Crippen molar-refractivity contribution in [3.05, 3.63) is 84.5 Å². The summed E-state index contributed by atoms with van der Waals surface area (Å²) in [4.78, 5) is 62.1. The standard InChI is InChI=1S/C39H47N3O8/c1-26-34(27-14-8-6-9-15-27)49-38(47)32-30-21-22-39(50-30)33(32)36(45)42(24-11-4-5-13-25-43)35(39)37(46)41(28-17-19-29(48-3)20-18-28)23-12-7-10-16-31(44)40(26)2/h6-9,12,14-15,17-22,26,30,32-35,43H,4-5,10-11,13,16,23-25H2,1-3H3/b12-7-/t26-,30+,32-,33-,34+,35+,39-/m1/s1. The number of methoxy groups -OCH3 is 1. The van der Waals surface area contributed by atoms with Crippen molar-refractivity contribution in [3.63, 3.8) is 0 Å². The Morgan fingerprint density at radius 2 is 1.68 bits per heavy atom. The molecule has 0 saturated carbocycles. The van der Waals surface area contributed by atoms with Crippen molar-refractivity contribution >= 4 is 29.4 Å². The van der Waals surface area contributed by atoms with Gasteiger partial charge < -0.3 is 34.0 Å². The fourth-order valence-electron chi connectivity index (χ4n) is 7.84. The zero-order valence-electron chi connectivity index (χ0n) is 29.0. The van der Waals surface area contributed by atoms with Crippen LogP contribution >= 0.6 is 0 Å². The predicted octanol–water partition coefficient (Wildman–Crippen LogP) is 4.21. The Bertz CT molecular complexity index is 1610. The number of benzene rings is 2. The van der Waals surface area contributed by atoms with E-state index < -0.39 is 47.7 Å². The number of carbonyl (C=O) groups is 4. The SMILES string of the molecule is COc1ccc(N2C/C=C\CCC(=O)N(C)[C@H](C)[C@@H](c3ccccc3)OC(=O)[C@@H]3[C@@H]4C=C[C@]5(O4)[C@H](C2=O)N(CCCCCCO)C(=O)[C@@H]35)cc1. The maximum Gasteiger partial charge on any atom is 0.313 e. The largest absolute Gasteiger partial charge is 0.497 e. The van der Waals surface area contributed by atoms with Crippen molar-refractivity contribution in [3.8, 4) is 5.75 Å². The maximum atomic E-state index is 15.0. The van der Waals surface area contributed by atoms with Crippen LogP contribution in [0.1, 0.15) is 57.1 Å². The van der Waals surface area contributed by atoms with Crippen molar-refractivity contribution < 1.29 is 38.5 Å². The Hall–Kier alpha value is -4.48. The molecular weight excluding hydrogens is 638 g/mol. The quantitative estimate of drug-likeness (QED) is 0.237. The number of nitrogens with zero attached hydrogens (tertiary/aromatic N) is 3. The van der Waals surface area contributed by atoms with Crippen LogP contribution in [-0.2, 0) is 28.7 Å². The summed E-state index contributed by atoms with van der Waals surface area (Å²) in [5.41, 5.74) is -0.0293. The van der Waals surface area contributed by atoms with Crippen LogP contribution in [0.5, 0.6) is 5.75 Å². The lowest BCUT2D eigenvalue weighted by molar-refractivity contribution is -0.164. The molecule has 0 aromatic heterocycles. The Kier molecular flexibility index (Phi) is 10.7. The number of hydrogen-bond donors (Lipinski definition) is 1. The molecule has 4 aliphatic rings. The van der Waals surface area contributed by atoms with E-state index in [4.69, 9.17) is 14.2 Å². The van der Waals surface area contributed by atoms with E-state index in [1.54, 1.807) is 65.3 Å². The molecule has 266 valence electrons. The zero-order valence-corrected chi connectivity index (χ0v) is 29.0. The van der Waals surface area contributed by atoms with Gasteiger partial charge >= 0.3 is 5.97 Å². The summed E-state index contributed by atoms with van der Waals surface area (Å²) in [6.07, 6.45) is 9.30. The number of unbranched alkanes of at least 4 members (excludes halogenated alkanes) is 3. The van der Waals surface area contributed by atoms with Gasteiger partial charge in [0.2, 0.25) is 11.8 Å². The number of likely N-dealkylation sites (N-methyl/N-ethyl adjacent to an activating group) is 1. The van der Waals surface area contributed by atoms with E-state index in [9.17, 15) is 24.3 Å². The minimum Gasteiger partial charge on any atom is -0.497 e. The van der Waals surface area contributed by atoms with Gasteiger partial charge in [0.05, 0.1) is 25.2 Å². The molecule has 11 nitrogen and oxygen atoms in total. The topological polar surface area (TPSA) is 126 Å². The van der Waals surface area contributed by atoms with Crippen LogP contribution in [0.15, 0.2) is 78.9 Å². The van der Waals surface area contributed by atoms with Crippen LogP contribution in [0, 0.1) is 11.8 Å². The van der Waals surface area contributed by atoms with Crippen LogP contribution in [0.3, 0.4) is 0 Å². The first-order valence-corrected chi connectivity index (χ1v) is 17.6. The highest BCUT2D eigenvalue weighted by Crippen LogP contribution is 2.56. The molecule has 5 bridgehead atoms. The number of aliphatic hydroxyl groups excluding tert-OH is 1. The molecule has 2 saturated heterocycles. The number of rotatable bonds is 9. The number of ether oxygens (including phenoxy) is 3. The monoisotopic (exact) mass is 685 g/mol. The second-order valence-corrected chi connectivity index (χ2v) is 13.5. The molecule has 1 N–H and O–H groups in total. The van der Waals surface area contributed by atoms with Crippen molar-refractivity contribution in [2.24, 2.45) is 11.8 Å². The summed E-state index contributed by atoms with van der Waals surface area (Å²) >= 11 is 0. The third kappa shape index (κ3) is 6.56. The number of anilines is 1. The summed E-state index contributed by atoms with van der Waals surface area (Å²) in [6.45, 7) is 2.43. The first-order valence-electron chi connectivity index (χ1n) is 17.6. The van der Waals surface area contributed by atoms with Crippen LogP contribution < -0.4 is 9.64 Å². The minimum absolute atomic E-state index is 0.0929. The molecule has 0 unspecified atom stereocenters. The van der Waals surface area contributed by atoms with Gasteiger partial charge in [-0.1, -0.05) is 67.5 Å². The molecule has 2 aromatic carbocycles. The van der Waals surface area contributed by atoms with Crippen molar-refractivity contribution in [2.75, 3.05) is 38.8 Å². The average molecular weight is 686 g/mol. The molecule has 6 rings (SSSR count). The summed E-state index contributed by atoms with van der Waals surface area (Å²) in [7, 11) is 3.28. The highest BCUT2D eigenvalue weighted by Gasteiger charge is 2.73. The highest BCUT2D eigenvalue weighted by molar-refractivity contribution is 6.05. The van der Waals surface area contributed by atoms with Crippen molar-refractivity contribution in [1.82, 2.24) is 9.80 Å². The molecule has 4 heterocycles. The zero-order chi connectivity index (χ0) is 35.4. The highest BCUT2D eigenvalue weighted by atomic mass is 16.6. The molecule has 4 aliphatic heterocycles. The van der Waals surface area contributed by atoms with Gasteiger partial charge in [-0.25, -0.2) is 0 Å². The summed E-state index contributed by atoms with van der Waals surface area (Å²) in [6, 6.07) is 14.9. The van der Waals surface area contributed by atoms with Crippen LogP contribution in [0.2, 0.25) is 0 Å². The third-order valence-electron chi connectivity index (χ3n) is 10.6. The van der Waals surface area contributed by atoms with E-state index in [-0.39, 0.29) is 37.3 Å². The van der Waals surface area contributed by atoms with Crippen LogP contribution in [0.4, 0.5) is 5.69 Å². The maximum absolute atomic E-state index is 15.0. The number of esters is 1. The van der Waals surface area contributed by atoms with Gasteiger partial charge in [-0.2, -0.15) is 0 Å². The van der Waals surface area contributed by atoms with E-state index in [0.717, 1.165) is 18.4 Å². The van der Waals surface area contributed by atoms with Gasteiger partial charge in [0.1, 0.15) is 29.4 Å². The van der Waals surface area contributed by atoms with E-state index in [1.807, 2.05) is 49.4 Å². The lowest BCUT2D eigenvalue weighted by Gasteiger charge is -2.36. The predicted molar refractivity (Wildman–Crippen MR) is 186 cm³/mol. The molecular formula is C39H47N3O8. The average Bonchev–Trinajstić information content (AvgIpc) is 3.78. The molecule has 2 fully saturated rings. The normalized spacial score (nSPS) is 30.5. The van der Waals surface area contributed by atoms with Gasteiger partial charge in [-0.3, -0.25) is 19.2 Å². The number of likely N-dealkylation sites (tertiary alicyclic amines) is 1. The molecule has 7 atom stereocenters. The fraction of sp³-hybridized carbons (Fsp3) is 0.487.